The molecule has 1 aromatic carbocycles. The number of hydrogen-bond acceptors (Lipinski definition) is 5. The number of rotatable bonds is 2. The van der Waals surface area contributed by atoms with E-state index in [0.717, 1.165) is 34.5 Å². The van der Waals surface area contributed by atoms with Crippen molar-refractivity contribution in [3.8, 4) is 22.8 Å². The van der Waals surface area contributed by atoms with Gasteiger partial charge in [0.2, 0.25) is 5.82 Å². The van der Waals surface area contributed by atoms with Gasteiger partial charge in [-0.15, -0.1) is 11.3 Å². The standard InChI is InChI=1S/C16H15N3OS/c1-9-5-2-3-6-10(9)15-18-16(20-19-15)13-11-7-4-8-12(11)21-14(13)17/h2-3,5-6H,4,7-8,17H2,1H3. The van der Waals surface area contributed by atoms with Gasteiger partial charge in [0.25, 0.3) is 5.89 Å². The average Bonchev–Trinajstić information content (AvgIpc) is 3.15. The Kier molecular flexibility index (Phi) is 2.82. The smallest absolute Gasteiger partial charge is 0.261 e. The van der Waals surface area contributed by atoms with E-state index in [4.69, 9.17) is 10.3 Å². The molecule has 0 radical (unpaired) electrons. The van der Waals surface area contributed by atoms with Gasteiger partial charge in [0.15, 0.2) is 0 Å². The van der Waals surface area contributed by atoms with Gasteiger partial charge in [-0.1, -0.05) is 29.4 Å². The zero-order valence-electron chi connectivity index (χ0n) is 11.7. The number of nitrogens with zero attached hydrogens (tertiary/aromatic N) is 2. The van der Waals surface area contributed by atoms with E-state index in [0.29, 0.717) is 11.7 Å². The number of anilines is 1. The van der Waals surface area contributed by atoms with Crippen LogP contribution in [0.2, 0.25) is 0 Å². The zero-order chi connectivity index (χ0) is 14.4. The third kappa shape index (κ3) is 1.96. The van der Waals surface area contributed by atoms with Gasteiger partial charge in [-0.2, -0.15) is 4.98 Å². The minimum atomic E-state index is 0.546. The van der Waals surface area contributed by atoms with Crippen LogP contribution < -0.4 is 5.73 Å². The van der Waals surface area contributed by atoms with E-state index in [1.165, 1.54) is 16.9 Å². The van der Waals surface area contributed by atoms with Crippen LogP contribution in [-0.4, -0.2) is 10.1 Å². The summed E-state index contributed by atoms with van der Waals surface area (Å²) in [6.07, 6.45) is 3.36. The van der Waals surface area contributed by atoms with Crippen molar-refractivity contribution in [1.82, 2.24) is 10.1 Å². The predicted molar refractivity (Wildman–Crippen MR) is 84.2 cm³/mol. The van der Waals surface area contributed by atoms with Crippen molar-refractivity contribution in [2.24, 2.45) is 0 Å². The van der Waals surface area contributed by atoms with Gasteiger partial charge < -0.3 is 10.3 Å². The Morgan fingerprint density at radius 1 is 1.24 bits per heavy atom. The van der Waals surface area contributed by atoms with Gasteiger partial charge in [-0.3, -0.25) is 0 Å². The Balaban J connectivity index is 1.81. The van der Waals surface area contributed by atoms with Crippen molar-refractivity contribution < 1.29 is 4.52 Å². The molecule has 0 saturated carbocycles. The minimum Gasteiger partial charge on any atom is -0.390 e. The third-order valence-electron chi connectivity index (χ3n) is 3.97. The maximum atomic E-state index is 6.15. The molecule has 21 heavy (non-hydrogen) atoms. The summed E-state index contributed by atoms with van der Waals surface area (Å²) in [7, 11) is 0. The molecular formula is C16H15N3OS. The Morgan fingerprint density at radius 3 is 2.95 bits per heavy atom. The first-order chi connectivity index (χ1) is 10.2. The minimum absolute atomic E-state index is 0.546. The van der Waals surface area contributed by atoms with Gasteiger partial charge in [0, 0.05) is 10.4 Å². The Bertz CT molecular complexity index is 819. The summed E-state index contributed by atoms with van der Waals surface area (Å²) in [5, 5.41) is 4.92. The molecule has 0 aliphatic heterocycles. The second-order valence-electron chi connectivity index (χ2n) is 5.33. The van der Waals surface area contributed by atoms with Crippen LogP contribution in [0.4, 0.5) is 5.00 Å². The fraction of sp³-hybridized carbons (Fsp3) is 0.250. The average molecular weight is 297 g/mol. The molecule has 0 fully saturated rings. The highest BCUT2D eigenvalue weighted by Crippen LogP contribution is 2.43. The maximum absolute atomic E-state index is 6.15. The lowest BCUT2D eigenvalue weighted by Gasteiger charge is -1.98. The van der Waals surface area contributed by atoms with Crippen LogP contribution in [0.15, 0.2) is 28.8 Å². The number of aromatic nitrogens is 2. The highest BCUT2D eigenvalue weighted by molar-refractivity contribution is 7.16. The molecule has 1 aliphatic carbocycles. The second-order valence-corrected chi connectivity index (χ2v) is 6.47. The zero-order valence-corrected chi connectivity index (χ0v) is 12.5. The molecule has 1 aliphatic rings. The Hall–Kier alpha value is -2.14. The van der Waals surface area contributed by atoms with E-state index in [2.05, 4.69) is 10.1 Å². The number of thiophene rings is 1. The highest BCUT2D eigenvalue weighted by Gasteiger charge is 2.25. The molecule has 2 aromatic heterocycles. The Morgan fingerprint density at radius 2 is 2.10 bits per heavy atom. The molecule has 3 aromatic rings. The topological polar surface area (TPSA) is 64.9 Å². The second kappa shape index (κ2) is 4.70. The number of hydrogen-bond donors (Lipinski definition) is 1. The summed E-state index contributed by atoms with van der Waals surface area (Å²) in [6.45, 7) is 2.04. The Labute approximate surface area is 126 Å². The molecule has 4 rings (SSSR count). The fourth-order valence-electron chi connectivity index (χ4n) is 2.92. The van der Waals surface area contributed by atoms with Crippen LogP contribution in [0, 0.1) is 6.92 Å². The van der Waals surface area contributed by atoms with Gasteiger partial charge in [0.05, 0.1) is 10.6 Å². The molecule has 5 heteroatoms. The number of nitrogens with two attached hydrogens (primary N) is 1. The van der Waals surface area contributed by atoms with Gasteiger partial charge in [-0.25, -0.2) is 0 Å². The number of aryl methyl sites for hydroxylation is 2. The highest BCUT2D eigenvalue weighted by atomic mass is 32.1. The number of fused-ring (bicyclic) bond motifs is 1. The lowest BCUT2D eigenvalue weighted by atomic mass is 10.1. The molecule has 0 atom stereocenters. The molecular weight excluding hydrogens is 282 g/mol. The molecule has 2 heterocycles. The monoisotopic (exact) mass is 297 g/mol. The molecule has 2 N–H and O–H groups in total. The van der Waals surface area contributed by atoms with Crippen LogP contribution in [0.5, 0.6) is 0 Å². The third-order valence-corrected chi connectivity index (χ3v) is 5.10. The molecule has 4 nitrogen and oxygen atoms in total. The van der Waals surface area contributed by atoms with Gasteiger partial charge in [-0.05, 0) is 37.3 Å². The lowest BCUT2D eigenvalue weighted by Crippen LogP contribution is -1.89. The van der Waals surface area contributed by atoms with Crippen LogP contribution in [-0.2, 0) is 12.8 Å². The number of benzene rings is 1. The number of nitrogen functional groups attached to an aromatic ring is 1. The molecule has 0 amide bonds. The van der Waals surface area contributed by atoms with E-state index < -0.39 is 0 Å². The van der Waals surface area contributed by atoms with Gasteiger partial charge in [0.1, 0.15) is 0 Å². The first kappa shape index (κ1) is 12.6. The van der Waals surface area contributed by atoms with E-state index in [1.807, 2.05) is 31.2 Å². The van der Waals surface area contributed by atoms with E-state index in [-0.39, 0.29) is 0 Å². The summed E-state index contributed by atoms with van der Waals surface area (Å²) in [4.78, 5) is 5.94. The lowest BCUT2D eigenvalue weighted by molar-refractivity contribution is 0.432. The summed E-state index contributed by atoms with van der Waals surface area (Å²) >= 11 is 1.66. The van der Waals surface area contributed by atoms with Crippen LogP contribution >= 0.6 is 11.3 Å². The summed E-state index contributed by atoms with van der Waals surface area (Å²) in [6, 6.07) is 8.03. The van der Waals surface area contributed by atoms with E-state index in [9.17, 15) is 0 Å². The van der Waals surface area contributed by atoms with E-state index >= 15 is 0 Å². The summed E-state index contributed by atoms with van der Waals surface area (Å²) in [5.41, 5.74) is 10.5. The van der Waals surface area contributed by atoms with Crippen LogP contribution in [0.3, 0.4) is 0 Å². The molecule has 0 unspecified atom stereocenters. The van der Waals surface area contributed by atoms with Crippen LogP contribution in [0.25, 0.3) is 22.8 Å². The normalized spacial score (nSPS) is 13.6. The molecule has 0 spiro atoms. The van der Waals surface area contributed by atoms with Crippen molar-refractivity contribution in [2.45, 2.75) is 26.2 Å². The molecule has 0 bridgehead atoms. The van der Waals surface area contributed by atoms with Crippen molar-refractivity contribution in [3.63, 3.8) is 0 Å². The van der Waals surface area contributed by atoms with Crippen molar-refractivity contribution in [2.75, 3.05) is 5.73 Å². The SMILES string of the molecule is Cc1ccccc1-c1noc(-c2c(N)sc3c2CCC3)n1. The maximum Gasteiger partial charge on any atom is 0.261 e. The molecule has 0 saturated heterocycles. The van der Waals surface area contributed by atoms with Gasteiger partial charge >= 0.3 is 0 Å². The van der Waals surface area contributed by atoms with Crippen molar-refractivity contribution >= 4 is 16.3 Å². The van der Waals surface area contributed by atoms with E-state index in [1.54, 1.807) is 11.3 Å². The summed E-state index contributed by atoms with van der Waals surface area (Å²) in [5.74, 6) is 1.17. The first-order valence-corrected chi connectivity index (χ1v) is 7.86. The van der Waals surface area contributed by atoms with Crippen LogP contribution in [0.1, 0.15) is 22.4 Å². The predicted octanol–water partition coefficient (Wildman–Crippen LogP) is 3.84. The fourth-order valence-corrected chi connectivity index (χ4v) is 4.07. The van der Waals surface area contributed by atoms with Crippen molar-refractivity contribution in [3.05, 3.63) is 40.3 Å². The molecule has 106 valence electrons. The quantitative estimate of drug-likeness (QED) is 0.780. The largest absolute Gasteiger partial charge is 0.390 e. The first-order valence-electron chi connectivity index (χ1n) is 7.04. The van der Waals surface area contributed by atoms with Crippen molar-refractivity contribution in [1.29, 1.82) is 0 Å². The summed E-state index contributed by atoms with van der Waals surface area (Å²) < 4.78 is 5.49.